The van der Waals surface area contributed by atoms with E-state index in [0.29, 0.717) is 33.8 Å². The third-order valence-corrected chi connectivity index (χ3v) is 8.56. The highest BCUT2D eigenvalue weighted by Gasteiger charge is 2.26. The van der Waals surface area contributed by atoms with Crippen LogP contribution in [0, 0.1) is 24.6 Å². The first kappa shape index (κ1) is 41.2. The third-order valence-electron chi connectivity index (χ3n) is 8.56. The van der Waals surface area contributed by atoms with Crippen molar-refractivity contribution in [3.05, 3.63) is 106 Å². The number of hydrogen-bond acceptors (Lipinski definition) is 10. The van der Waals surface area contributed by atoms with Crippen LogP contribution in [0.5, 0.6) is 17.2 Å². The molecule has 0 aliphatic rings. The minimum absolute atomic E-state index is 0.0307. The van der Waals surface area contributed by atoms with Gasteiger partial charge in [0.25, 0.3) is 11.5 Å². The molecule has 0 saturated heterocycles. The minimum Gasteiger partial charge on any atom is -0.497 e. The molecule has 5 aromatic rings. The topological polar surface area (TPSA) is 200 Å². The lowest BCUT2D eigenvalue weighted by Crippen LogP contribution is -2.30. The van der Waals surface area contributed by atoms with Crippen LogP contribution in [0.3, 0.4) is 0 Å². The number of benzene rings is 3. The molecule has 0 radical (unpaired) electrons. The number of nitrogens with zero attached hydrogens (tertiary/aromatic N) is 3. The van der Waals surface area contributed by atoms with E-state index in [-0.39, 0.29) is 30.1 Å². The number of carboxylic acids is 2. The molecule has 0 fully saturated rings. The number of pyridine rings is 1. The molecule has 1 amide bonds. The van der Waals surface area contributed by atoms with Crippen LogP contribution in [0.25, 0.3) is 16.6 Å². The number of carbonyl (C=O) groups excluding carboxylic acids is 2. The van der Waals surface area contributed by atoms with Crippen molar-refractivity contribution in [2.75, 3.05) is 26.0 Å². The summed E-state index contributed by atoms with van der Waals surface area (Å²) in [7, 11) is 3.19. The average molecular weight is 760 g/mol. The standard InChI is InChI=1S/C33H32FN5O6.C6H10O4/c1-20(44-30(40)18-35-3)19-38-21(2)31(33(42)39(38)23-8-6-5-7-9-23)32(41)37-22-10-13-29(26(34)16-22)45-28-14-15-36-27-17-24(43-4)11-12-25(27)28;1-3(5(7)8)4(2)6(9)10/h5-17,20,35H,18-19H2,1-4H3,(H,37,41);3-4H,1-2H3,(H,7,8)(H,9,10)/t20-;3-,4-/m11/s1. The van der Waals surface area contributed by atoms with Crippen molar-refractivity contribution in [2.24, 2.45) is 11.8 Å². The Balaban J connectivity index is 0.000000592. The molecule has 55 heavy (non-hydrogen) atoms. The molecular weight excluding hydrogens is 717 g/mol. The van der Waals surface area contributed by atoms with Crippen LogP contribution in [0.2, 0.25) is 0 Å². The van der Waals surface area contributed by atoms with Gasteiger partial charge in [-0.25, -0.2) is 9.07 Å². The molecule has 2 aromatic heterocycles. The number of aliphatic carboxylic acids is 2. The number of hydrogen-bond donors (Lipinski definition) is 4. The van der Waals surface area contributed by atoms with E-state index in [1.807, 2.05) is 0 Å². The van der Waals surface area contributed by atoms with Gasteiger partial charge in [-0.1, -0.05) is 32.0 Å². The second-order valence-corrected chi connectivity index (χ2v) is 12.5. The van der Waals surface area contributed by atoms with Crippen LogP contribution in [-0.2, 0) is 25.7 Å². The number of anilines is 1. The van der Waals surface area contributed by atoms with E-state index in [0.717, 1.165) is 6.07 Å². The summed E-state index contributed by atoms with van der Waals surface area (Å²) in [4.78, 5) is 63.9. The SMILES string of the molecule is CNCC(=O)O[C@H](C)Cn1c(C)c(C(=O)Nc2ccc(Oc3ccnc4cc(OC)ccc34)c(F)c2)c(=O)n1-c1ccccc1.C[C@@H](C(=O)O)[C@@H](C)C(=O)O. The van der Waals surface area contributed by atoms with E-state index in [2.05, 4.69) is 15.6 Å². The molecule has 0 bridgehead atoms. The monoisotopic (exact) mass is 759 g/mol. The third kappa shape index (κ3) is 10.1. The Morgan fingerprint density at radius 1 is 0.909 bits per heavy atom. The first-order valence-corrected chi connectivity index (χ1v) is 17.1. The smallest absolute Gasteiger partial charge is 0.320 e. The second-order valence-electron chi connectivity index (χ2n) is 12.5. The predicted octanol–water partition coefficient (Wildman–Crippen LogP) is 5.27. The van der Waals surface area contributed by atoms with Crippen LogP contribution in [0.4, 0.5) is 10.1 Å². The maximum atomic E-state index is 15.2. The van der Waals surface area contributed by atoms with Gasteiger partial charge in [-0.2, -0.15) is 0 Å². The second kappa shape index (κ2) is 18.5. The van der Waals surface area contributed by atoms with Crippen LogP contribution in [0.15, 0.2) is 83.8 Å². The molecule has 0 saturated carbocycles. The summed E-state index contributed by atoms with van der Waals surface area (Å²) in [6.45, 7) is 6.22. The molecule has 5 rings (SSSR count). The lowest BCUT2D eigenvalue weighted by atomic mass is 9.97. The summed E-state index contributed by atoms with van der Waals surface area (Å²) >= 11 is 0. The Morgan fingerprint density at radius 3 is 2.18 bits per heavy atom. The summed E-state index contributed by atoms with van der Waals surface area (Å²) in [5.74, 6) is -4.73. The lowest BCUT2D eigenvalue weighted by Gasteiger charge is -2.18. The first-order valence-electron chi connectivity index (χ1n) is 17.1. The van der Waals surface area contributed by atoms with E-state index in [9.17, 15) is 24.0 Å². The van der Waals surface area contributed by atoms with Gasteiger partial charge in [0, 0.05) is 29.4 Å². The minimum atomic E-state index is -1.07. The van der Waals surface area contributed by atoms with E-state index in [4.69, 9.17) is 24.4 Å². The normalized spacial score (nSPS) is 12.4. The quantitative estimate of drug-likeness (QED) is 0.107. The Morgan fingerprint density at radius 2 is 1.58 bits per heavy atom. The Bertz CT molecular complexity index is 2220. The summed E-state index contributed by atoms with van der Waals surface area (Å²) in [6, 6.07) is 19.7. The molecular formula is C39H42FN5O10. The van der Waals surface area contributed by atoms with Crippen molar-refractivity contribution in [1.82, 2.24) is 19.7 Å². The fraction of sp³-hybridized carbons (Fsp3) is 0.282. The van der Waals surface area contributed by atoms with Crippen molar-refractivity contribution in [3.63, 3.8) is 0 Å². The summed E-state index contributed by atoms with van der Waals surface area (Å²) < 4.78 is 34.7. The van der Waals surface area contributed by atoms with Crippen molar-refractivity contribution in [2.45, 2.75) is 40.3 Å². The number of aromatic nitrogens is 3. The van der Waals surface area contributed by atoms with Gasteiger partial charge >= 0.3 is 17.9 Å². The number of para-hydroxylation sites is 1. The molecule has 0 aliphatic carbocycles. The molecule has 3 atom stereocenters. The first-order chi connectivity index (χ1) is 26.2. The van der Waals surface area contributed by atoms with Crippen LogP contribution in [0.1, 0.15) is 36.8 Å². The van der Waals surface area contributed by atoms with Crippen molar-refractivity contribution < 1.29 is 48.0 Å². The van der Waals surface area contributed by atoms with E-state index in [1.54, 1.807) is 93.5 Å². The van der Waals surface area contributed by atoms with E-state index < -0.39 is 53.1 Å². The number of likely N-dealkylation sites (N-methyl/N-ethyl adjacent to an activating group) is 1. The highest BCUT2D eigenvalue weighted by molar-refractivity contribution is 6.05. The highest BCUT2D eigenvalue weighted by atomic mass is 19.1. The molecule has 0 aliphatic heterocycles. The van der Waals surface area contributed by atoms with Gasteiger partial charge in [0.1, 0.15) is 23.2 Å². The number of nitrogens with one attached hydrogen (secondary N) is 2. The molecule has 4 N–H and O–H groups in total. The molecule has 16 heteroatoms. The van der Waals surface area contributed by atoms with Gasteiger partial charge in [0.15, 0.2) is 11.6 Å². The molecule has 3 aromatic carbocycles. The number of rotatable bonds is 14. The van der Waals surface area contributed by atoms with Gasteiger partial charge in [-0.3, -0.25) is 33.6 Å². The number of carbonyl (C=O) groups is 4. The molecule has 15 nitrogen and oxygen atoms in total. The van der Waals surface area contributed by atoms with Crippen LogP contribution >= 0.6 is 0 Å². The van der Waals surface area contributed by atoms with E-state index >= 15 is 4.39 Å². The van der Waals surface area contributed by atoms with Gasteiger partial charge in [0.05, 0.1) is 48.9 Å². The van der Waals surface area contributed by atoms with Gasteiger partial charge in [0.2, 0.25) is 0 Å². The number of ether oxygens (including phenoxy) is 3. The molecule has 0 spiro atoms. The Hall–Kier alpha value is -6.55. The van der Waals surface area contributed by atoms with Crippen molar-refractivity contribution in [1.29, 1.82) is 0 Å². The maximum absolute atomic E-state index is 15.2. The predicted molar refractivity (Wildman–Crippen MR) is 201 cm³/mol. The zero-order chi connectivity index (χ0) is 40.4. The van der Waals surface area contributed by atoms with Crippen LogP contribution < -0.4 is 25.7 Å². The Kier molecular flexibility index (Phi) is 13.8. The zero-order valence-corrected chi connectivity index (χ0v) is 31.0. The summed E-state index contributed by atoms with van der Waals surface area (Å²) in [5, 5.41) is 22.7. The molecule has 0 unspecified atom stereocenters. The summed E-state index contributed by atoms with van der Waals surface area (Å²) in [5.41, 5.74) is 0.901. The lowest BCUT2D eigenvalue weighted by molar-refractivity contribution is -0.152. The molecule has 2 heterocycles. The van der Waals surface area contributed by atoms with Crippen molar-refractivity contribution in [3.8, 4) is 22.9 Å². The van der Waals surface area contributed by atoms with E-state index in [1.165, 1.54) is 30.7 Å². The maximum Gasteiger partial charge on any atom is 0.320 e. The van der Waals surface area contributed by atoms with Gasteiger partial charge < -0.3 is 35.1 Å². The van der Waals surface area contributed by atoms with Crippen molar-refractivity contribution >= 4 is 40.4 Å². The Labute approximate surface area is 315 Å². The zero-order valence-electron chi connectivity index (χ0n) is 31.0. The van der Waals surface area contributed by atoms with Gasteiger partial charge in [-0.05, 0) is 63.4 Å². The molecule has 290 valence electrons. The average Bonchev–Trinajstić information content (AvgIpc) is 3.40. The number of esters is 1. The highest BCUT2D eigenvalue weighted by Crippen LogP contribution is 2.33. The summed E-state index contributed by atoms with van der Waals surface area (Å²) in [6.07, 6.45) is 0.941. The number of amides is 1. The largest absolute Gasteiger partial charge is 0.497 e. The van der Waals surface area contributed by atoms with Crippen LogP contribution in [-0.4, -0.2) is 75.2 Å². The fourth-order valence-electron chi connectivity index (χ4n) is 5.37. The van der Waals surface area contributed by atoms with Gasteiger partial charge in [-0.15, -0.1) is 0 Å². The number of carboxylic acid groups (broad SMARTS) is 2. The number of halogens is 1. The fourth-order valence-corrected chi connectivity index (χ4v) is 5.37. The number of fused-ring (bicyclic) bond motifs is 1. The number of methoxy groups -OCH3 is 1.